The topological polar surface area (TPSA) is 55.4 Å². The first-order valence-electron chi connectivity index (χ1n) is 8.43. The quantitative estimate of drug-likeness (QED) is 0.686. The molecule has 3 rings (SSSR count). The van der Waals surface area contributed by atoms with E-state index in [9.17, 15) is 9.59 Å². The van der Waals surface area contributed by atoms with Gasteiger partial charge in [0.1, 0.15) is 0 Å². The molecule has 1 aromatic rings. The van der Waals surface area contributed by atoms with Crippen LogP contribution in [0.15, 0.2) is 36.4 Å². The van der Waals surface area contributed by atoms with E-state index in [4.69, 9.17) is 4.74 Å². The van der Waals surface area contributed by atoms with E-state index in [0.717, 1.165) is 38.5 Å². The molecule has 0 heterocycles. The molecule has 0 fully saturated rings. The van der Waals surface area contributed by atoms with Crippen LogP contribution in [-0.2, 0) is 20.7 Å². The van der Waals surface area contributed by atoms with E-state index in [1.807, 2.05) is 18.2 Å². The van der Waals surface area contributed by atoms with Crippen LogP contribution in [0.1, 0.15) is 49.3 Å². The Morgan fingerprint density at radius 2 is 2.04 bits per heavy atom. The molecule has 0 radical (unpaired) electrons. The molecular formula is C19H23NO3. The first kappa shape index (κ1) is 15.8. The van der Waals surface area contributed by atoms with E-state index in [1.165, 1.54) is 11.1 Å². The highest BCUT2D eigenvalue weighted by molar-refractivity contribution is 5.81. The van der Waals surface area contributed by atoms with Crippen LogP contribution in [0.5, 0.6) is 0 Å². The van der Waals surface area contributed by atoms with Crippen LogP contribution in [0.4, 0.5) is 0 Å². The molecular weight excluding hydrogens is 290 g/mol. The van der Waals surface area contributed by atoms with Crippen LogP contribution < -0.4 is 5.32 Å². The van der Waals surface area contributed by atoms with Crippen molar-refractivity contribution in [1.82, 2.24) is 5.32 Å². The summed E-state index contributed by atoms with van der Waals surface area (Å²) in [7, 11) is 0. The van der Waals surface area contributed by atoms with E-state index >= 15 is 0 Å². The fourth-order valence-corrected chi connectivity index (χ4v) is 3.40. The van der Waals surface area contributed by atoms with Crippen molar-refractivity contribution in [2.75, 3.05) is 6.61 Å². The van der Waals surface area contributed by atoms with Gasteiger partial charge in [0.15, 0.2) is 6.61 Å². The lowest BCUT2D eigenvalue weighted by molar-refractivity contribution is -0.153. The average molecular weight is 313 g/mol. The van der Waals surface area contributed by atoms with Gasteiger partial charge in [-0.25, -0.2) is 0 Å². The zero-order valence-corrected chi connectivity index (χ0v) is 13.3. The number of carbonyl (C=O) groups excluding carboxylic acids is 2. The van der Waals surface area contributed by atoms with Crippen LogP contribution in [0.3, 0.4) is 0 Å². The zero-order chi connectivity index (χ0) is 16.1. The van der Waals surface area contributed by atoms with Crippen molar-refractivity contribution in [3.05, 3.63) is 47.5 Å². The lowest BCUT2D eigenvalue weighted by Gasteiger charge is -2.26. The minimum absolute atomic E-state index is 0.0313. The molecule has 0 unspecified atom stereocenters. The van der Waals surface area contributed by atoms with Crippen LogP contribution in [-0.4, -0.2) is 18.5 Å². The van der Waals surface area contributed by atoms with Gasteiger partial charge >= 0.3 is 5.97 Å². The maximum atomic E-state index is 12.1. The summed E-state index contributed by atoms with van der Waals surface area (Å²) in [4.78, 5) is 24.1. The minimum atomic E-state index is -0.256. The van der Waals surface area contributed by atoms with Crippen LogP contribution in [0.25, 0.3) is 0 Å². The first-order chi connectivity index (χ1) is 11.2. The number of hydrogen-bond acceptors (Lipinski definition) is 3. The van der Waals surface area contributed by atoms with Crippen LogP contribution in [0.2, 0.25) is 0 Å². The van der Waals surface area contributed by atoms with Crippen molar-refractivity contribution in [1.29, 1.82) is 0 Å². The molecule has 0 bridgehead atoms. The van der Waals surface area contributed by atoms with E-state index in [-0.39, 0.29) is 30.4 Å². The predicted octanol–water partition coefficient (Wildman–Crippen LogP) is 3.08. The second-order valence-electron chi connectivity index (χ2n) is 6.30. The van der Waals surface area contributed by atoms with Gasteiger partial charge in [-0.1, -0.05) is 36.4 Å². The van der Waals surface area contributed by atoms with Gasteiger partial charge in [0.2, 0.25) is 0 Å². The number of nitrogens with one attached hydrogen (secondary N) is 1. The molecule has 0 spiro atoms. The number of esters is 1. The van der Waals surface area contributed by atoms with Gasteiger partial charge in [0.05, 0.1) is 12.0 Å². The Bertz CT molecular complexity index is 608. The summed E-state index contributed by atoms with van der Waals surface area (Å²) in [6.07, 6.45) is 9.59. The Labute approximate surface area is 136 Å². The molecule has 0 aromatic heterocycles. The molecule has 1 aromatic carbocycles. The van der Waals surface area contributed by atoms with Gasteiger partial charge in [0, 0.05) is 0 Å². The standard InChI is InChI=1S/C19H23NO3/c21-18(13-23-19(22)15-8-2-1-3-9-15)20-17-12-6-10-14-7-4-5-11-16(14)17/h1-2,4-5,7,11,15,17H,3,6,8-10,12-13H2,(H,20,21)/t15-,17+/m0/s1. The third-order valence-electron chi connectivity index (χ3n) is 4.65. The molecule has 4 nitrogen and oxygen atoms in total. The first-order valence-corrected chi connectivity index (χ1v) is 8.43. The van der Waals surface area contributed by atoms with Gasteiger partial charge in [-0.05, 0) is 49.7 Å². The predicted molar refractivity (Wildman–Crippen MR) is 87.7 cm³/mol. The molecule has 1 N–H and O–H groups in total. The fraction of sp³-hybridized carbons (Fsp3) is 0.474. The van der Waals surface area contributed by atoms with Gasteiger partial charge in [0.25, 0.3) is 5.91 Å². The van der Waals surface area contributed by atoms with Crippen molar-refractivity contribution < 1.29 is 14.3 Å². The Kier molecular flexibility index (Phi) is 5.11. The summed E-state index contributed by atoms with van der Waals surface area (Å²) < 4.78 is 5.19. The fourth-order valence-electron chi connectivity index (χ4n) is 3.40. The smallest absolute Gasteiger partial charge is 0.309 e. The Morgan fingerprint density at radius 3 is 2.87 bits per heavy atom. The molecule has 2 atom stereocenters. The Hall–Kier alpha value is -2.10. The van der Waals surface area contributed by atoms with E-state index in [0.29, 0.717) is 0 Å². The lowest BCUT2D eigenvalue weighted by Crippen LogP contribution is -2.35. The second-order valence-corrected chi connectivity index (χ2v) is 6.30. The minimum Gasteiger partial charge on any atom is -0.455 e. The summed E-state index contributed by atoms with van der Waals surface area (Å²) in [5, 5.41) is 3.00. The molecule has 0 aliphatic heterocycles. The molecule has 2 aliphatic carbocycles. The number of fused-ring (bicyclic) bond motifs is 1. The van der Waals surface area contributed by atoms with Crippen molar-refractivity contribution in [3.8, 4) is 0 Å². The SMILES string of the molecule is O=C(COC(=O)[C@H]1CC=CCC1)N[C@@H]1CCCc2ccccc21. The van der Waals surface area contributed by atoms with E-state index in [2.05, 4.69) is 23.5 Å². The number of carbonyl (C=O) groups is 2. The molecule has 2 aliphatic rings. The van der Waals surface area contributed by atoms with Gasteiger partial charge < -0.3 is 10.1 Å². The highest BCUT2D eigenvalue weighted by Crippen LogP contribution is 2.29. The molecule has 0 saturated carbocycles. The number of amides is 1. The largest absolute Gasteiger partial charge is 0.455 e. The number of allylic oxidation sites excluding steroid dienone is 2. The third-order valence-corrected chi connectivity index (χ3v) is 4.65. The summed E-state index contributed by atoms with van der Waals surface area (Å²) in [5.41, 5.74) is 2.49. The number of rotatable bonds is 4. The van der Waals surface area contributed by atoms with Crippen molar-refractivity contribution >= 4 is 11.9 Å². The van der Waals surface area contributed by atoms with E-state index < -0.39 is 0 Å². The summed E-state index contributed by atoms with van der Waals surface area (Å²) >= 11 is 0. The molecule has 1 amide bonds. The van der Waals surface area contributed by atoms with Crippen molar-refractivity contribution in [2.24, 2.45) is 5.92 Å². The van der Waals surface area contributed by atoms with Crippen molar-refractivity contribution in [3.63, 3.8) is 0 Å². The summed E-state index contributed by atoms with van der Waals surface area (Å²) in [6, 6.07) is 8.25. The van der Waals surface area contributed by atoms with Gasteiger partial charge in [-0.2, -0.15) is 0 Å². The van der Waals surface area contributed by atoms with Crippen LogP contribution >= 0.6 is 0 Å². The second kappa shape index (κ2) is 7.44. The number of hydrogen-bond donors (Lipinski definition) is 1. The number of benzene rings is 1. The maximum absolute atomic E-state index is 12.1. The maximum Gasteiger partial charge on any atom is 0.309 e. The monoisotopic (exact) mass is 313 g/mol. The highest BCUT2D eigenvalue weighted by Gasteiger charge is 2.24. The summed E-state index contributed by atoms with van der Waals surface area (Å²) in [5.74, 6) is -0.567. The number of ether oxygens (including phenoxy) is 1. The van der Waals surface area contributed by atoms with E-state index in [1.54, 1.807) is 0 Å². The molecule has 4 heteroatoms. The molecule has 0 saturated heterocycles. The van der Waals surface area contributed by atoms with Gasteiger partial charge in [-0.15, -0.1) is 0 Å². The number of aryl methyl sites for hydroxylation is 1. The Balaban J connectivity index is 1.50. The zero-order valence-electron chi connectivity index (χ0n) is 13.3. The average Bonchev–Trinajstić information content (AvgIpc) is 2.61. The highest BCUT2D eigenvalue weighted by atomic mass is 16.5. The molecule has 122 valence electrons. The Morgan fingerprint density at radius 1 is 1.17 bits per heavy atom. The molecule has 23 heavy (non-hydrogen) atoms. The lowest BCUT2D eigenvalue weighted by atomic mass is 9.88. The summed E-state index contributed by atoms with van der Waals surface area (Å²) in [6.45, 7) is -0.183. The van der Waals surface area contributed by atoms with Gasteiger partial charge in [-0.3, -0.25) is 9.59 Å². The van der Waals surface area contributed by atoms with Crippen LogP contribution in [0, 0.1) is 5.92 Å². The third kappa shape index (κ3) is 4.01. The van der Waals surface area contributed by atoms with Crippen molar-refractivity contribution in [2.45, 2.75) is 44.6 Å². The normalized spacial score (nSPS) is 23.0.